The molecule has 0 N–H and O–H groups in total. The summed E-state index contributed by atoms with van der Waals surface area (Å²) in [4.78, 5) is 0. The van der Waals surface area contributed by atoms with Crippen molar-refractivity contribution < 1.29 is 4.39 Å². The van der Waals surface area contributed by atoms with Gasteiger partial charge in [0, 0.05) is 0 Å². The van der Waals surface area contributed by atoms with Gasteiger partial charge >= 0.3 is 0 Å². The third kappa shape index (κ3) is 6.34. The van der Waals surface area contributed by atoms with E-state index < -0.39 is 0 Å². The van der Waals surface area contributed by atoms with Crippen molar-refractivity contribution in [2.24, 2.45) is 17.8 Å². The van der Waals surface area contributed by atoms with Gasteiger partial charge in [-0.15, -0.1) is 0 Å². The predicted molar refractivity (Wildman–Crippen MR) is 115 cm³/mol. The van der Waals surface area contributed by atoms with Gasteiger partial charge in [0.05, 0.1) is 5.02 Å². The van der Waals surface area contributed by atoms with Crippen LogP contribution < -0.4 is 0 Å². The molecule has 0 saturated heterocycles. The van der Waals surface area contributed by atoms with Gasteiger partial charge in [-0.2, -0.15) is 0 Å². The van der Waals surface area contributed by atoms with E-state index in [0.29, 0.717) is 5.92 Å². The third-order valence-electron chi connectivity index (χ3n) is 7.00. The van der Waals surface area contributed by atoms with E-state index in [9.17, 15) is 4.39 Å². The maximum Gasteiger partial charge on any atom is 0.142 e. The lowest BCUT2D eigenvalue weighted by Crippen LogP contribution is -2.17. The summed E-state index contributed by atoms with van der Waals surface area (Å²) in [6.45, 7) is 2.25. The second-order valence-electron chi connectivity index (χ2n) is 8.97. The molecule has 0 unspecified atom stereocenters. The van der Waals surface area contributed by atoms with E-state index in [2.05, 4.69) is 19.1 Å². The van der Waals surface area contributed by atoms with Crippen LogP contribution in [0, 0.1) is 23.6 Å². The molecule has 2 aliphatic carbocycles. The first-order valence-corrected chi connectivity index (χ1v) is 11.6. The second kappa shape index (κ2) is 10.6. The molecular formula is C25H36ClF. The normalized spacial score (nSPS) is 29.3. The molecule has 1 aromatic carbocycles. The van der Waals surface area contributed by atoms with E-state index in [4.69, 9.17) is 11.6 Å². The van der Waals surface area contributed by atoms with Gasteiger partial charge in [0.25, 0.3) is 0 Å². The summed E-state index contributed by atoms with van der Waals surface area (Å²) in [5.74, 6) is 2.96. The molecule has 2 saturated carbocycles. The van der Waals surface area contributed by atoms with Crippen LogP contribution in [0.2, 0.25) is 5.02 Å². The smallest absolute Gasteiger partial charge is 0.142 e. The lowest BCUT2D eigenvalue weighted by molar-refractivity contribution is 0.246. The molecule has 0 atom stereocenters. The van der Waals surface area contributed by atoms with Crippen LogP contribution in [0.25, 0.3) is 0 Å². The maximum atomic E-state index is 13.7. The van der Waals surface area contributed by atoms with Crippen LogP contribution in [0.1, 0.15) is 95.5 Å². The molecule has 0 bridgehead atoms. The topological polar surface area (TPSA) is 0 Å². The van der Waals surface area contributed by atoms with E-state index in [-0.39, 0.29) is 10.8 Å². The SMILES string of the molecule is CCCC=C[C@H]1CC[C@H](CC[C@H]2CC[C@H](c3ccc(Cl)c(F)c3)CC2)CC1. The molecule has 2 aliphatic rings. The molecule has 0 aromatic heterocycles. The molecule has 3 rings (SSSR count). The summed E-state index contributed by atoms with van der Waals surface area (Å²) in [5, 5.41) is 0.239. The molecule has 0 spiro atoms. The Kier molecular flexibility index (Phi) is 8.24. The molecule has 0 amide bonds. The minimum absolute atomic E-state index is 0.239. The minimum Gasteiger partial charge on any atom is -0.205 e. The van der Waals surface area contributed by atoms with Crippen molar-refractivity contribution in [1.82, 2.24) is 0 Å². The summed E-state index contributed by atoms with van der Waals surface area (Å²) >= 11 is 5.82. The van der Waals surface area contributed by atoms with Gasteiger partial charge in [0.2, 0.25) is 0 Å². The zero-order chi connectivity index (χ0) is 19.1. The monoisotopic (exact) mass is 390 g/mol. The Morgan fingerprint density at radius 1 is 0.963 bits per heavy atom. The molecule has 0 radical (unpaired) electrons. The minimum atomic E-state index is -0.267. The number of unbranched alkanes of at least 4 members (excludes halogenated alkanes) is 1. The van der Waals surface area contributed by atoms with Crippen LogP contribution in [-0.2, 0) is 0 Å². The highest BCUT2D eigenvalue weighted by Crippen LogP contribution is 2.40. The standard InChI is InChI=1S/C25H36ClF/c1-2-3-4-5-19-6-8-20(9-7-19)10-11-21-12-14-22(15-13-21)23-16-17-24(26)25(27)18-23/h4-5,16-22H,2-3,6-15H2,1H3/t19-,20-,21-,22-. The van der Waals surface area contributed by atoms with E-state index in [1.165, 1.54) is 77.0 Å². The number of rotatable bonds is 7. The molecule has 2 fully saturated rings. The number of allylic oxidation sites excluding steroid dienone is 2. The first-order chi connectivity index (χ1) is 13.2. The number of hydrogen-bond donors (Lipinski definition) is 0. The van der Waals surface area contributed by atoms with Crippen LogP contribution in [0.15, 0.2) is 30.4 Å². The zero-order valence-corrected chi connectivity index (χ0v) is 17.7. The van der Waals surface area contributed by atoms with Gasteiger partial charge in [-0.1, -0.05) is 56.0 Å². The van der Waals surface area contributed by atoms with E-state index in [1.54, 1.807) is 12.1 Å². The Balaban J connectivity index is 1.35. The number of halogens is 2. The molecule has 27 heavy (non-hydrogen) atoms. The van der Waals surface area contributed by atoms with Crippen molar-refractivity contribution in [3.05, 3.63) is 46.8 Å². The lowest BCUT2D eigenvalue weighted by Gasteiger charge is -2.31. The second-order valence-corrected chi connectivity index (χ2v) is 9.37. The highest BCUT2D eigenvalue weighted by molar-refractivity contribution is 6.30. The summed E-state index contributed by atoms with van der Waals surface area (Å²) in [6.07, 6.45) is 20.9. The fraction of sp³-hybridized carbons (Fsp3) is 0.680. The Morgan fingerprint density at radius 2 is 1.59 bits per heavy atom. The maximum absolute atomic E-state index is 13.7. The fourth-order valence-electron chi connectivity index (χ4n) is 5.15. The molecular weight excluding hydrogens is 355 g/mol. The van der Waals surface area contributed by atoms with Gasteiger partial charge < -0.3 is 0 Å². The van der Waals surface area contributed by atoms with Crippen LogP contribution in [0.5, 0.6) is 0 Å². The van der Waals surface area contributed by atoms with Crippen LogP contribution >= 0.6 is 11.6 Å². The van der Waals surface area contributed by atoms with Crippen molar-refractivity contribution in [1.29, 1.82) is 0 Å². The first kappa shape index (κ1) is 20.9. The molecule has 2 heteroatoms. The van der Waals surface area contributed by atoms with Crippen LogP contribution in [0.4, 0.5) is 4.39 Å². The Bertz CT molecular complexity index is 592. The molecule has 0 nitrogen and oxygen atoms in total. The van der Waals surface area contributed by atoms with Gasteiger partial charge in [-0.3, -0.25) is 0 Å². The largest absolute Gasteiger partial charge is 0.205 e. The molecule has 150 valence electrons. The summed E-state index contributed by atoms with van der Waals surface area (Å²) in [6, 6.07) is 5.39. The van der Waals surface area contributed by atoms with Crippen LogP contribution in [0.3, 0.4) is 0 Å². The van der Waals surface area contributed by atoms with Gasteiger partial charge in [-0.25, -0.2) is 4.39 Å². The third-order valence-corrected chi connectivity index (χ3v) is 7.31. The Labute approximate surface area is 170 Å². The van der Waals surface area contributed by atoms with Gasteiger partial charge in [0.1, 0.15) is 5.82 Å². The van der Waals surface area contributed by atoms with Gasteiger partial charge in [-0.05, 0) is 99.2 Å². The highest BCUT2D eigenvalue weighted by Gasteiger charge is 2.25. The fourth-order valence-corrected chi connectivity index (χ4v) is 5.26. The number of hydrogen-bond acceptors (Lipinski definition) is 0. The lowest BCUT2D eigenvalue weighted by atomic mass is 9.74. The quantitative estimate of drug-likeness (QED) is 0.408. The number of benzene rings is 1. The molecule has 0 aliphatic heterocycles. The van der Waals surface area contributed by atoms with Crippen molar-refractivity contribution >= 4 is 11.6 Å². The van der Waals surface area contributed by atoms with Crippen molar-refractivity contribution in [2.75, 3.05) is 0 Å². The molecule has 1 aromatic rings. The van der Waals surface area contributed by atoms with Crippen LogP contribution in [-0.4, -0.2) is 0 Å². The predicted octanol–water partition coefficient (Wildman–Crippen LogP) is 8.70. The average molecular weight is 391 g/mol. The van der Waals surface area contributed by atoms with E-state index >= 15 is 0 Å². The first-order valence-electron chi connectivity index (χ1n) is 11.3. The Hall–Kier alpha value is -0.820. The van der Waals surface area contributed by atoms with Gasteiger partial charge in [0.15, 0.2) is 0 Å². The van der Waals surface area contributed by atoms with Crippen molar-refractivity contribution in [3.8, 4) is 0 Å². The van der Waals surface area contributed by atoms with E-state index in [0.717, 1.165) is 23.3 Å². The summed E-state index contributed by atoms with van der Waals surface area (Å²) in [7, 11) is 0. The zero-order valence-electron chi connectivity index (χ0n) is 16.9. The summed E-state index contributed by atoms with van der Waals surface area (Å²) < 4.78 is 13.7. The average Bonchev–Trinajstić information content (AvgIpc) is 2.70. The summed E-state index contributed by atoms with van der Waals surface area (Å²) in [5.41, 5.74) is 1.14. The molecule has 0 heterocycles. The van der Waals surface area contributed by atoms with Crippen molar-refractivity contribution in [2.45, 2.75) is 89.9 Å². The highest BCUT2D eigenvalue weighted by atomic mass is 35.5. The van der Waals surface area contributed by atoms with E-state index in [1.807, 2.05) is 6.07 Å². The Morgan fingerprint density at radius 3 is 2.19 bits per heavy atom. The van der Waals surface area contributed by atoms with Crippen molar-refractivity contribution in [3.63, 3.8) is 0 Å².